The second-order valence-electron chi connectivity index (χ2n) is 6.20. The lowest BCUT2D eigenvalue weighted by Crippen LogP contribution is -2.44. The fourth-order valence-corrected chi connectivity index (χ4v) is 3.32. The van der Waals surface area contributed by atoms with Gasteiger partial charge in [-0.15, -0.1) is 0 Å². The maximum Gasteiger partial charge on any atom is 0.329 e. The van der Waals surface area contributed by atoms with Crippen LogP contribution in [0.2, 0.25) is 0 Å². The number of aryl methyl sites for hydroxylation is 1. The molecule has 6 heteroatoms. The summed E-state index contributed by atoms with van der Waals surface area (Å²) in [6, 6.07) is 5.19. The smallest absolute Gasteiger partial charge is 0.295 e. The normalized spacial score (nSPS) is 19.9. The van der Waals surface area contributed by atoms with Crippen LogP contribution in [0.15, 0.2) is 23.0 Å². The number of imidazole rings is 1. The first kappa shape index (κ1) is 15.5. The topological polar surface area (TPSA) is 73.1 Å². The highest BCUT2D eigenvalue weighted by Crippen LogP contribution is 2.29. The zero-order valence-corrected chi connectivity index (χ0v) is 13.6. The van der Waals surface area contributed by atoms with E-state index in [4.69, 9.17) is 0 Å². The van der Waals surface area contributed by atoms with Crippen LogP contribution in [0, 0.1) is 0 Å². The molecular formula is C17H21N3O3. The third-order valence-electron chi connectivity index (χ3n) is 4.80. The summed E-state index contributed by atoms with van der Waals surface area (Å²) in [5.74, 6) is -0.355. The lowest BCUT2D eigenvalue weighted by molar-refractivity contribution is -0.135. The summed E-state index contributed by atoms with van der Waals surface area (Å²) in [6.07, 6.45) is 1.58. The van der Waals surface area contributed by atoms with Crippen molar-refractivity contribution < 1.29 is 9.59 Å². The molecule has 1 unspecified atom stereocenters. The number of imide groups is 1. The SMILES string of the molecule is CCC(C)c1cccc2c1n(C)c(=O)n2[C@@H]1CCC(=O)NC1=O. The number of para-hydroxylation sites is 1. The van der Waals surface area contributed by atoms with Crippen LogP contribution in [0.25, 0.3) is 11.0 Å². The van der Waals surface area contributed by atoms with E-state index >= 15 is 0 Å². The molecule has 1 aliphatic heterocycles. The van der Waals surface area contributed by atoms with Crippen LogP contribution in [-0.2, 0) is 16.6 Å². The summed E-state index contributed by atoms with van der Waals surface area (Å²) < 4.78 is 3.14. The molecule has 2 atom stereocenters. The van der Waals surface area contributed by atoms with Crippen molar-refractivity contribution in [1.29, 1.82) is 0 Å². The monoisotopic (exact) mass is 315 g/mol. The highest BCUT2D eigenvalue weighted by atomic mass is 16.2. The molecule has 0 bridgehead atoms. The molecule has 1 aromatic carbocycles. The Morgan fingerprint density at radius 3 is 2.70 bits per heavy atom. The van der Waals surface area contributed by atoms with Gasteiger partial charge < -0.3 is 0 Å². The number of fused-ring (bicyclic) bond motifs is 1. The van der Waals surface area contributed by atoms with E-state index in [-0.39, 0.29) is 18.0 Å². The van der Waals surface area contributed by atoms with E-state index in [1.165, 1.54) is 4.57 Å². The minimum atomic E-state index is -0.629. The van der Waals surface area contributed by atoms with E-state index < -0.39 is 11.9 Å². The van der Waals surface area contributed by atoms with Gasteiger partial charge in [0.05, 0.1) is 11.0 Å². The average Bonchev–Trinajstić information content (AvgIpc) is 2.79. The first-order valence-corrected chi connectivity index (χ1v) is 7.99. The Morgan fingerprint density at radius 2 is 2.04 bits per heavy atom. The Balaban J connectivity index is 2.23. The van der Waals surface area contributed by atoms with Crippen molar-refractivity contribution >= 4 is 22.8 Å². The summed E-state index contributed by atoms with van der Waals surface area (Å²) in [6.45, 7) is 4.24. The molecule has 1 aromatic heterocycles. The predicted molar refractivity (Wildman–Crippen MR) is 87.3 cm³/mol. The van der Waals surface area contributed by atoms with Gasteiger partial charge >= 0.3 is 5.69 Å². The number of benzene rings is 1. The molecule has 2 heterocycles. The third kappa shape index (κ3) is 2.38. The van der Waals surface area contributed by atoms with E-state index in [9.17, 15) is 14.4 Å². The molecule has 1 N–H and O–H groups in total. The van der Waals surface area contributed by atoms with E-state index in [0.717, 1.165) is 23.0 Å². The molecule has 2 amide bonds. The second kappa shape index (κ2) is 5.68. The maximum absolute atomic E-state index is 12.7. The molecule has 23 heavy (non-hydrogen) atoms. The Labute approximate surface area is 134 Å². The van der Waals surface area contributed by atoms with Crippen LogP contribution in [-0.4, -0.2) is 20.9 Å². The minimum Gasteiger partial charge on any atom is -0.295 e. The first-order valence-electron chi connectivity index (χ1n) is 7.99. The highest BCUT2D eigenvalue weighted by Gasteiger charge is 2.31. The van der Waals surface area contributed by atoms with Gasteiger partial charge in [-0.05, 0) is 30.4 Å². The zero-order valence-electron chi connectivity index (χ0n) is 13.6. The van der Waals surface area contributed by atoms with Gasteiger partial charge in [-0.2, -0.15) is 0 Å². The van der Waals surface area contributed by atoms with Crippen molar-refractivity contribution in [3.63, 3.8) is 0 Å². The molecule has 6 nitrogen and oxygen atoms in total. The standard InChI is InChI=1S/C17H21N3O3/c1-4-10(2)11-6-5-7-12-15(11)19(3)17(23)20(12)13-8-9-14(21)18-16(13)22/h5-7,10,13H,4,8-9H2,1-3H3,(H,18,21,22)/t10?,13-/m1/s1. The van der Waals surface area contributed by atoms with Crippen molar-refractivity contribution in [1.82, 2.24) is 14.5 Å². The Hall–Kier alpha value is -2.37. The fourth-order valence-electron chi connectivity index (χ4n) is 3.32. The number of nitrogens with zero attached hydrogens (tertiary/aromatic N) is 2. The Bertz CT molecular complexity index is 847. The zero-order chi connectivity index (χ0) is 16.7. The third-order valence-corrected chi connectivity index (χ3v) is 4.80. The lowest BCUT2D eigenvalue weighted by atomic mass is 9.97. The molecule has 1 aliphatic rings. The van der Waals surface area contributed by atoms with Gasteiger partial charge in [-0.3, -0.25) is 24.0 Å². The maximum atomic E-state index is 12.7. The number of piperidine rings is 1. The van der Waals surface area contributed by atoms with Crippen molar-refractivity contribution in [2.75, 3.05) is 0 Å². The first-order chi connectivity index (χ1) is 11.0. The van der Waals surface area contributed by atoms with E-state index in [1.54, 1.807) is 11.6 Å². The molecule has 122 valence electrons. The van der Waals surface area contributed by atoms with E-state index in [2.05, 4.69) is 19.2 Å². The van der Waals surface area contributed by atoms with Crippen molar-refractivity contribution in [2.45, 2.75) is 45.1 Å². The summed E-state index contributed by atoms with van der Waals surface area (Å²) in [7, 11) is 1.74. The summed E-state index contributed by atoms with van der Waals surface area (Å²) in [5.41, 5.74) is 2.52. The van der Waals surface area contributed by atoms with Gasteiger partial charge in [0, 0.05) is 13.5 Å². The molecule has 0 spiro atoms. The number of hydrogen-bond donors (Lipinski definition) is 1. The van der Waals surface area contributed by atoms with Crippen LogP contribution < -0.4 is 11.0 Å². The number of hydrogen-bond acceptors (Lipinski definition) is 3. The van der Waals surface area contributed by atoms with Gasteiger partial charge in [0.2, 0.25) is 11.8 Å². The number of carbonyl (C=O) groups excluding carboxylic acids is 2. The lowest BCUT2D eigenvalue weighted by Gasteiger charge is -2.22. The quantitative estimate of drug-likeness (QED) is 0.878. The number of rotatable bonds is 3. The van der Waals surface area contributed by atoms with Gasteiger partial charge in [0.15, 0.2) is 0 Å². The second-order valence-corrected chi connectivity index (χ2v) is 6.20. The molecule has 1 fully saturated rings. The molecule has 2 aromatic rings. The Kier molecular flexibility index (Phi) is 3.83. The van der Waals surface area contributed by atoms with Crippen LogP contribution in [0.1, 0.15) is 50.6 Å². The molecule has 1 saturated heterocycles. The molecule has 0 radical (unpaired) electrons. The van der Waals surface area contributed by atoms with Crippen molar-refractivity contribution in [2.24, 2.45) is 7.05 Å². The van der Waals surface area contributed by atoms with E-state index in [0.29, 0.717) is 12.3 Å². The number of nitrogens with one attached hydrogen (secondary N) is 1. The van der Waals surface area contributed by atoms with Crippen LogP contribution in [0.4, 0.5) is 0 Å². The molecule has 0 aliphatic carbocycles. The van der Waals surface area contributed by atoms with Gasteiger partial charge in [-0.25, -0.2) is 4.79 Å². The van der Waals surface area contributed by atoms with Crippen molar-refractivity contribution in [3.05, 3.63) is 34.2 Å². The van der Waals surface area contributed by atoms with Crippen LogP contribution in [0.5, 0.6) is 0 Å². The predicted octanol–water partition coefficient (Wildman–Crippen LogP) is 1.83. The molecule has 3 rings (SSSR count). The summed E-state index contributed by atoms with van der Waals surface area (Å²) in [4.78, 5) is 36.3. The van der Waals surface area contributed by atoms with E-state index in [1.807, 2.05) is 18.2 Å². The summed E-state index contributed by atoms with van der Waals surface area (Å²) in [5, 5.41) is 2.33. The Morgan fingerprint density at radius 1 is 1.30 bits per heavy atom. The average molecular weight is 315 g/mol. The minimum absolute atomic E-state index is 0.217. The fraction of sp³-hybridized carbons (Fsp3) is 0.471. The van der Waals surface area contributed by atoms with Crippen molar-refractivity contribution in [3.8, 4) is 0 Å². The largest absolute Gasteiger partial charge is 0.329 e. The molecular weight excluding hydrogens is 294 g/mol. The summed E-state index contributed by atoms with van der Waals surface area (Å²) >= 11 is 0. The number of aromatic nitrogens is 2. The number of carbonyl (C=O) groups is 2. The molecule has 0 saturated carbocycles. The van der Waals surface area contributed by atoms with Gasteiger partial charge in [-0.1, -0.05) is 26.0 Å². The highest BCUT2D eigenvalue weighted by molar-refractivity contribution is 6.00. The number of amides is 2. The van der Waals surface area contributed by atoms with Gasteiger partial charge in [0.25, 0.3) is 0 Å². The van der Waals surface area contributed by atoms with Crippen LogP contribution in [0.3, 0.4) is 0 Å². The van der Waals surface area contributed by atoms with Gasteiger partial charge in [0.1, 0.15) is 6.04 Å². The van der Waals surface area contributed by atoms with Crippen LogP contribution >= 0.6 is 0 Å².